The second kappa shape index (κ2) is 3.33. The summed E-state index contributed by atoms with van der Waals surface area (Å²) in [5, 5.41) is 0. The molecule has 1 amide bonds. The number of carbonyl (C=O) groups excluding carboxylic acids is 1. The number of primary amides is 1. The van der Waals surface area contributed by atoms with Crippen molar-refractivity contribution in [2.45, 2.75) is 0 Å². The van der Waals surface area contributed by atoms with Crippen LogP contribution in [0.15, 0.2) is 43.0 Å². The van der Waals surface area contributed by atoms with E-state index >= 15 is 0 Å². The Morgan fingerprint density at radius 1 is 1.43 bits per heavy atom. The van der Waals surface area contributed by atoms with Gasteiger partial charge in [0.15, 0.2) is 0 Å². The number of nitrogens with zero attached hydrogens (tertiary/aromatic N) is 2. The molecule has 0 aliphatic carbocycles. The molecule has 0 spiro atoms. The highest BCUT2D eigenvalue weighted by molar-refractivity contribution is 5.93. The zero-order valence-electron chi connectivity index (χ0n) is 7.42. The second-order valence-corrected chi connectivity index (χ2v) is 2.88. The van der Waals surface area contributed by atoms with Crippen molar-refractivity contribution in [1.29, 1.82) is 0 Å². The van der Waals surface area contributed by atoms with Crippen LogP contribution in [0, 0.1) is 0 Å². The maximum absolute atomic E-state index is 10.9. The smallest absolute Gasteiger partial charge is 0.248 e. The molecule has 2 rings (SSSR count). The molecule has 70 valence electrons. The van der Waals surface area contributed by atoms with Crippen molar-refractivity contribution in [3.05, 3.63) is 48.5 Å². The molecule has 2 N–H and O–H groups in total. The number of aromatic nitrogens is 2. The Morgan fingerprint density at radius 2 is 2.29 bits per heavy atom. The topological polar surface area (TPSA) is 60.9 Å². The van der Waals surface area contributed by atoms with E-state index in [1.807, 2.05) is 10.6 Å². The molecule has 14 heavy (non-hydrogen) atoms. The first-order chi connectivity index (χ1) is 6.77. The van der Waals surface area contributed by atoms with Crippen molar-refractivity contribution in [3.63, 3.8) is 0 Å². The van der Waals surface area contributed by atoms with Gasteiger partial charge in [-0.3, -0.25) is 4.79 Å². The van der Waals surface area contributed by atoms with E-state index in [9.17, 15) is 4.79 Å². The summed E-state index contributed by atoms with van der Waals surface area (Å²) in [6.07, 6.45) is 5.15. The highest BCUT2D eigenvalue weighted by Gasteiger charge is 2.01. The molecular weight excluding hydrogens is 178 g/mol. The van der Waals surface area contributed by atoms with Crippen LogP contribution in [0.25, 0.3) is 5.69 Å². The molecule has 1 heterocycles. The number of benzene rings is 1. The first-order valence-corrected chi connectivity index (χ1v) is 4.15. The average Bonchev–Trinajstić information content (AvgIpc) is 2.71. The first-order valence-electron chi connectivity index (χ1n) is 4.15. The largest absolute Gasteiger partial charge is 0.366 e. The first kappa shape index (κ1) is 8.50. The number of hydrogen-bond acceptors (Lipinski definition) is 2. The maximum Gasteiger partial charge on any atom is 0.248 e. The Labute approximate surface area is 81.0 Å². The van der Waals surface area contributed by atoms with Crippen LogP contribution in [-0.2, 0) is 0 Å². The summed E-state index contributed by atoms with van der Waals surface area (Å²) in [4.78, 5) is 14.8. The van der Waals surface area contributed by atoms with Gasteiger partial charge in [0.05, 0.1) is 6.33 Å². The predicted molar refractivity (Wildman–Crippen MR) is 52.1 cm³/mol. The van der Waals surface area contributed by atoms with Gasteiger partial charge in [-0.05, 0) is 18.2 Å². The third-order valence-corrected chi connectivity index (χ3v) is 1.93. The molecule has 0 fully saturated rings. The fourth-order valence-corrected chi connectivity index (χ4v) is 1.23. The zero-order valence-corrected chi connectivity index (χ0v) is 7.42. The summed E-state index contributed by atoms with van der Waals surface area (Å²) in [5.74, 6) is -0.424. The third kappa shape index (κ3) is 1.50. The van der Waals surface area contributed by atoms with Crippen molar-refractivity contribution in [2.75, 3.05) is 0 Å². The number of nitrogens with two attached hydrogens (primary N) is 1. The number of rotatable bonds is 2. The van der Waals surface area contributed by atoms with E-state index in [2.05, 4.69) is 4.98 Å². The summed E-state index contributed by atoms with van der Waals surface area (Å²) >= 11 is 0. The summed E-state index contributed by atoms with van der Waals surface area (Å²) in [7, 11) is 0. The van der Waals surface area contributed by atoms with E-state index in [0.717, 1.165) is 5.69 Å². The lowest BCUT2D eigenvalue weighted by molar-refractivity contribution is 0.100. The predicted octanol–water partition coefficient (Wildman–Crippen LogP) is 0.971. The van der Waals surface area contributed by atoms with Gasteiger partial charge < -0.3 is 10.3 Å². The summed E-state index contributed by atoms with van der Waals surface area (Å²) in [6, 6.07) is 7.08. The average molecular weight is 187 g/mol. The Hall–Kier alpha value is -2.10. The molecule has 1 aromatic heterocycles. The van der Waals surface area contributed by atoms with Crippen LogP contribution in [0.1, 0.15) is 10.4 Å². The van der Waals surface area contributed by atoms with Gasteiger partial charge in [-0.1, -0.05) is 6.07 Å². The van der Waals surface area contributed by atoms with Crippen LogP contribution in [0.4, 0.5) is 0 Å². The van der Waals surface area contributed by atoms with Gasteiger partial charge in [0.25, 0.3) is 0 Å². The highest BCUT2D eigenvalue weighted by atomic mass is 16.1. The van der Waals surface area contributed by atoms with Crippen LogP contribution >= 0.6 is 0 Å². The van der Waals surface area contributed by atoms with Crippen LogP contribution in [0.5, 0.6) is 0 Å². The van der Waals surface area contributed by atoms with Crippen LogP contribution < -0.4 is 5.73 Å². The molecule has 4 heteroatoms. The minimum absolute atomic E-state index is 0.424. The van der Waals surface area contributed by atoms with Gasteiger partial charge in [-0.2, -0.15) is 0 Å². The molecule has 4 nitrogen and oxygen atoms in total. The molecule has 0 saturated heterocycles. The molecule has 0 bridgehead atoms. The van der Waals surface area contributed by atoms with Gasteiger partial charge in [0, 0.05) is 23.6 Å². The molecule has 0 aliphatic rings. The highest BCUT2D eigenvalue weighted by Crippen LogP contribution is 2.09. The lowest BCUT2D eigenvalue weighted by atomic mass is 10.2. The minimum Gasteiger partial charge on any atom is -0.366 e. The Balaban J connectivity index is 2.46. The summed E-state index contributed by atoms with van der Waals surface area (Å²) in [5.41, 5.74) is 6.54. The van der Waals surface area contributed by atoms with Gasteiger partial charge >= 0.3 is 0 Å². The van der Waals surface area contributed by atoms with E-state index in [4.69, 9.17) is 5.73 Å². The maximum atomic E-state index is 10.9. The van der Waals surface area contributed by atoms with E-state index < -0.39 is 5.91 Å². The van der Waals surface area contributed by atoms with Crippen molar-refractivity contribution >= 4 is 5.91 Å². The molecule has 0 atom stereocenters. The molecule has 0 aliphatic heterocycles. The number of imidazole rings is 1. The molecule has 2 aromatic rings. The van der Waals surface area contributed by atoms with Crippen molar-refractivity contribution in [1.82, 2.24) is 9.55 Å². The molecule has 0 radical (unpaired) electrons. The molecular formula is C10H9N3O. The fraction of sp³-hybridized carbons (Fsp3) is 0. The van der Waals surface area contributed by atoms with Crippen molar-refractivity contribution in [3.8, 4) is 5.69 Å². The normalized spacial score (nSPS) is 10.0. The fourth-order valence-electron chi connectivity index (χ4n) is 1.23. The minimum atomic E-state index is -0.424. The van der Waals surface area contributed by atoms with Gasteiger partial charge in [0.2, 0.25) is 5.91 Å². The lowest BCUT2D eigenvalue weighted by Gasteiger charge is -2.02. The van der Waals surface area contributed by atoms with Crippen LogP contribution in [0.2, 0.25) is 0 Å². The van der Waals surface area contributed by atoms with Crippen molar-refractivity contribution < 1.29 is 4.79 Å². The monoisotopic (exact) mass is 187 g/mol. The molecule has 0 saturated carbocycles. The van der Waals surface area contributed by atoms with Gasteiger partial charge in [-0.15, -0.1) is 0 Å². The molecule has 0 unspecified atom stereocenters. The SMILES string of the molecule is NC(=O)c1cccc(-n2ccnc2)c1. The van der Waals surface area contributed by atoms with E-state index in [1.54, 1.807) is 36.9 Å². The van der Waals surface area contributed by atoms with Gasteiger partial charge in [0.1, 0.15) is 0 Å². The van der Waals surface area contributed by atoms with E-state index in [1.165, 1.54) is 0 Å². The number of carbonyl (C=O) groups is 1. The van der Waals surface area contributed by atoms with Crippen molar-refractivity contribution in [2.24, 2.45) is 5.73 Å². The Morgan fingerprint density at radius 3 is 2.93 bits per heavy atom. The Kier molecular flexibility index (Phi) is 2.02. The van der Waals surface area contributed by atoms with E-state index in [-0.39, 0.29) is 0 Å². The zero-order chi connectivity index (χ0) is 9.97. The summed E-state index contributed by atoms with van der Waals surface area (Å²) in [6.45, 7) is 0. The van der Waals surface area contributed by atoms with E-state index in [0.29, 0.717) is 5.56 Å². The van der Waals surface area contributed by atoms with Crippen LogP contribution in [-0.4, -0.2) is 15.5 Å². The second-order valence-electron chi connectivity index (χ2n) is 2.88. The third-order valence-electron chi connectivity index (χ3n) is 1.93. The number of amides is 1. The quantitative estimate of drug-likeness (QED) is 0.761. The van der Waals surface area contributed by atoms with Crippen LogP contribution in [0.3, 0.4) is 0 Å². The standard InChI is InChI=1S/C10H9N3O/c11-10(14)8-2-1-3-9(6-8)13-5-4-12-7-13/h1-7H,(H2,11,14). The Bertz CT molecular complexity index is 448. The lowest BCUT2D eigenvalue weighted by Crippen LogP contribution is -2.11. The summed E-state index contributed by atoms with van der Waals surface area (Å²) < 4.78 is 1.81. The number of hydrogen-bond donors (Lipinski definition) is 1. The molecule has 1 aromatic carbocycles. The van der Waals surface area contributed by atoms with Gasteiger partial charge in [-0.25, -0.2) is 4.98 Å².